The van der Waals surface area contributed by atoms with Crippen LogP contribution in [0.2, 0.25) is 0 Å². The molecule has 1 aliphatic rings. The van der Waals surface area contributed by atoms with Gasteiger partial charge in [0.2, 0.25) is 0 Å². The molecule has 2 rings (SSSR count). The van der Waals surface area contributed by atoms with Crippen LogP contribution in [0.15, 0.2) is 6.20 Å². The van der Waals surface area contributed by atoms with E-state index in [9.17, 15) is 4.79 Å². The molecule has 1 aromatic heterocycles. The summed E-state index contributed by atoms with van der Waals surface area (Å²) < 4.78 is 5.19. The van der Waals surface area contributed by atoms with E-state index >= 15 is 0 Å². The van der Waals surface area contributed by atoms with Crippen molar-refractivity contribution in [3.63, 3.8) is 0 Å². The molecular weight excluding hydrogens is 230 g/mol. The van der Waals surface area contributed by atoms with Crippen molar-refractivity contribution in [1.29, 1.82) is 5.26 Å². The first-order chi connectivity index (χ1) is 7.70. The van der Waals surface area contributed by atoms with Crippen molar-refractivity contribution in [3.8, 4) is 6.07 Å². The summed E-state index contributed by atoms with van der Waals surface area (Å²) in [5.74, 6) is -0.978. The number of carboxylic acids is 1. The number of ether oxygens (including phenoxy) is 1. The van der Waals surface area contributed by atoms with Crippen molar-refractivity contribution in [2.75, 3.05) is 24.6 Å². The van der Waals surface area contributed by atoms with E-state index in [1.807, 2.05) is 11.0 Å². The van der Waals surface area contributed by atoms with Crippen LogP contribution in [0, 0.1) is 11.3 Å². The lowest BCUT2D eigenvalue weighted by Crippen LogP contribution is -2.41. The molecule has 0 bridgehead atoms. The number of carbonyl (C=O) groups is 1. The van der Waals surface area contributed by atoms with Crippen molar-refractivity contribution >= 4 is 22.4 Å². The van der Waals surface area contributed by atoms with E-state index < -0.39 is 12.1 Å². The maximum absolute atomic E-state index is 10.7. The first-order valence-electron chi connectivity index (χ1n) is 4.66. The third kappa shape index (κ3) is 2.13. The Morgan fingerprint density at radius 3 is 3.25 bits per heavy atom. The summed E-state index contributed by atoms with van der Waals surface area (Å²) in [5.41, 5.74) is 0. The zero-order valence-electron chi connectivity index (χ0n) is 8.29. The molecule has 0 radical (unpaired) electrons. The monoisotopic (exact) mass is 239 g/mol. The first kappa shape index (κ1) is 10.9. The smallest absolute Gasteiger partial charge is 0.347 e. The van der Waals surface area contributed by atoms with Gasteiger partial charge in [-0.05, 0) is 0 Å². The Bertz CT molecular complexity index is 439. The van der Waals surface area contributed by atoms with E-state index in [1.54, 1.807) is 0 Å². The highest BCUT2D eigenvalue weighted by molar-refractivity contribution is 7.17. The van der Waals surface area contributed by atoms with Crippen LogP contribution in [0.3, 0.4) is 0 Å². The van der Waals surface area contributed by atoms with Gasteiger partial charge in [-0.15, -0.1) is 0 Å². The number of nitrogens with zero attached hydrogens (tertiary/aromatic N) is 3. The summed E-state index contributed by atoms with van der Waals surface area (Å²) in [5, 5.41) is 18.1. The SMILES string of the molecule is N#CC1CN(c2ncc(C(=O)O)s2)CCO1. The summed E-state index contributed by atoms with van der Waals surface area (Å²) in [6, 6.07) is 2.03. The number of anilines is 1. The van der Waals surface area contributed by atoms with E-state index in [2.05, 4.69) is 4.98 Å². The number of hydrogen-bond acceptors (Lipinski definition) is 6. The second kappa shape index (κ2) is 4.47. The zero-order chi connectivity index (χ0) is 11.5. The normalized spacial score (nSPS) is 20.4. The molecule has 1 unspecified atom stereocenters. The van der Waals surface area contributed by atoms with Crippen LogP contribution in [0.5, 0.6) is 0 Å². The van der Waals surface area contributed by atoms with Crippen LogP contribution < -0.4 is 4.90 Å². The number of hydrogen-bond donors (Lipinski definition) is 1. The molecule has 2 heterocycles. The van der Waals surface area contributed by atoms with Crippen molar-refractivity contribution in [2.45, 2.75) is 6.10 Å². The van der Waals surface area contributed by atoms with Gasteiger partial charge in [-0.1, -0.05) is 11.3 Å². The fourth-order valence-corrected chi connectivity index (χ4v) is 2.20. The minimum atomic E-state index is -0.978. The summed E-state index contributed by atoms with van der Waals surface area (Å²) in [6.45, 7) is 1.52. The molecule has 1 fully saturated rings. The molecule has 1 N–H and O–H groups in total. The average Bonchev–Trinajstić information content (AvgIpc) is 2.78. The third-order valence-electron chi connectivity index (χ3n) is 2.19. The zero-order valence-corrected chi connectivity index (χ0v) is 9.11. The lowest BCUT2D eigenvalue weighted by Gasteiger charge is -2.29. The number of aromatic carboxylic acids is 1. The summed E-state index contributed by atoms with van der Waals surface area (Å²) in [7, 11) is 0. The molecule has 84 valence electrons. The van der Waals surface area contributed by atoms with Crippen LogP contribution in [-0.2, 0) is 4.74 Å². The number of carboxylic acid groups (broad SMARTS) is 1. The van der Waals surface area contributed by atoms with Crippen molar-refractivity contribution in [1.82, 2.24) is 4.98 Å². The van der Waals surface area contributed by atoms with E-state index in [4.69, 9.17) is 15.1 Å². The molecule has 0 spiro atoms. The molecule has 6 nitrogen and oxygen atoms in total. The van der Waals surface area contributed by atoms with Crippen LogP contribution in [0.25, 0.3) is 0 Å². The number of morpholine rings is 1. The number of thiazole rings is 1. The molecule has 0 amide bonds. The molecule has 0 aliphatic carbocycles. The number of aromatic nitrogens is 1. The molecule has 1 atom stereocenters. The highest BCUT2D eigenvalue weighted by Gasteiger charge is 2.22. The van der Waals surface area contributed by atoms with Gasteiger partial charge in [0.05, 0.1) is 25.4 Å². The molecule has 0 saturated carbocycles. The average molecular weight is 239 g/mol. The lowest BCUT2D eigenvalue weighted by atomic mass is 10.3. The van der Waals surface area contributed by atoms with Crippen molar-refractivity contribution in [2.24, 2.45) is 0 Å². The predicted molar refractivity (Wildman–Crippen MR) is 56.6 cm³/mol. The largest absolute Gasteiger partial charge is 0.477 e. The van der Waals surface area contributed by atoms with Gasteiger partial charge in [-0.3, -0.25) is 0 Å². The van der Waals surface area contributed by atoms with Gasteiger partial charge in [0.25, 0.3) is 0 Å². The van der Waals surface area contributed by atoms with Gasteiger partial charge in [0.15, 0.2) is 11.2 Å². The molecule has 1 aliphatic heterocycles. The van der Waals surface area contributed by atoms with Crippen molar-refractivity contribution in [3.05, 3.63) is 11.1 Å². The maximum atomic E-state index is 10.7. The minimum Gasteiger partial charge on any atom is -0.477 e. The predicted octanol–water partition coefficient (Wildman–Crippen LogP) is 0.570. The Balaban J connectivity index is 2.11. The molecule has 0 aromatic carbocycles. The Labute approximate surface area is 95.7 Å². The van der Waals surface area contributed by atoms with Gasteiger partial charge < -0.3 is 14.7 Å². The molecular formula is C9H9N3O3S. The van der Waals surface area contributed by atoms with Gasteiger partial charge in [-0.2, -0.15) is 5.26 Å². The van der Waals surface area contributed by atoms with Crippen LogP contribution in [-0.4, -0.2) is 41.9 Å². The van der Waals surface area contributed by atoms with Crippen LogP contribution in [0.4, 0.5) is 5.13 Å². The third-order valence-corrected chi connectivity index (χ3v) is 3.23. The molecule has 1 saturated heterocycles. The quantitative estimate of drug-likeness (QED) is 0.812. The van der Waals surface area contributed by atoms with Gasteiger partial charge in [0.1, 0.15) is 4.88 Å². The highest BCUT2D eigenvalue weighted by Crippen LogP contribution is 2.24. The van der Waals surface area contributed by atoms with Crippen molar-refractivity contribution < 1.29 is 14.6 Å². The van der Waals surface area contributed by atoms with E-state index in [0.717, 1.165) is 11.3 Å². The lowest BCUT2D eigenvalue weighted by molar-refractivity contribution is 0.0702. The number of nitriles is 1. The summed E-state index contributed by atoms with van der Waals surface area (Å²) >= 11 is 1.11. The highest BCUT2D eigenvalue weighted by atomic mass is 32.1. The second-order valence-corrected chi connectivity index (χ2v) is 4.26. The Morgan fingerprint density at radius 2 is 2.62 bits per heavy atom. The fourth-order valence-electron chi connectivity index (χ4n) is 1.41. The maximum Gasteiger partial charge on any atom is 0.347 e. The number of rotatable bonds is 2. The Morgan fingerprint density at radius 1 is 1.81 bits per heavy atom. The first-order valence-corrected chi connectivity index (χ1v) is 5.47. The van der Waals surface area contributed by atoms with E-state index in [0.29, 0.717) is 24.8 Å². The van der Waals surface area contributed by atoms with Gasteiger partial charge in [-0.25, -0.2) is 9.78 Å². The summed E-state index contributed by atoms with van der Waals surface area (Å²) in [6.07, 6.45) is 0.866. The van der Waals surface area contributed by atoms with E-state index in [1.165, 1.54) is 6.20 Å². The molecule has 16 heavy (non-hydrogen) atoms. The Kier molecular flexibility index (Phi) is 3.03. The van der Waals surface area contributed by atoms with Gasteiger partial charge in [0, 0.05) is 6.54 Å². The summed E-state index contributed by atoms with van der Waals surface area (Å²) in [4.78, 5) is 16.8. The van der Waals surface area contributed by atoms with Gasteiger partial charge >= 0.3 is 5.97 Å². The molecule has 1 aromatic rings. The van der Waals surface area contributed by atoms with Crippen LogP contribution in [0.1, 0.15) is 9.67 Å². The second-order valence-electron chi connectivity index (χ2n) is 3.25. The topological polar surface area (TPSA) is 86.5 Å². The molecule has 7 heteroatoms. The Hall–Kier alpha value is -1.65. The minimum absolute atomic E-state index is 0.204. The fraction of sp³-hybridized carbons (Fsp3) is 0.444. The van der Waals surface area contributed by atoms with E-state index in [-0.39, 0.29) is 4.88 Å². The standard InChI is InChI=1S/C9H9N3O3S/c10-3-6-5-12(1-2-15-6)9-11-4-7(16-9)8(13)14/h4,6H,1-2,5H2,(H,13,14). The van der Waals surface area contributed by atoms with Crippen LogP contribution >= 0.6 is 11.3 Å².